The molecule has 0 unspecified atom stereocenters. The van der Waals surface area contributed by atoms with Crippen LogP contribution in [0.25, 0.3) is 0 Å². The van der Waals surface area contributed by atoms with Crippen molar-refractivity contribution in [2.24, 2.45) is 0 Å². The summed E-state index contributed by atoms with van der Waals surface area (Å²) in [6, 6.07) is 0. The Morgan fingerprint density at radius 2 is 2.00 bits per heavy atom. The molecule has 0 amide bonds. The van der Waals surface area contributed by atoms with Crippen LogP contribution in [0, 0.1) is 6.92 Å². The van der Waals surface area contributed by atoms with Crippen molar-refractivity contribution >= 4 is 31.5 Å². The van der Waals surface area contributed by atoms with E-state index < -0.39 is 15.1 Å². The number of anilines is 1. The molecule has 5 nitrogen and oxygen atoms in total. The summed E-state index contributed by atoms with van der Waals surface area (Å²) >= 11 is 3.17. The Morgan fingerprint density at radius 1 is 1.44 bits per heavy atom. The maximum absolute atomic E-state index is 11.9. The minimum Gasteiger partial charge on any atom is -0.397 e. The molecule has 0 atom stereocenters. The van der Waals surface area contributed by atoms with Crippen LogP contribution in [0.5, 0.6) is 0 Å². The molecule has 0 aliphatic carbocycles. The van der Waals surface area contributed by atoms with E-state index in [0.717, 1.165) is 0 Å². The molecule has 0 spiro atoms. The molecule has 0 radical (unpaired) electrons. The molecule has 0 aliphatic heterocycles. The van der Waals surface area contributed by atoms with Crippen LogP contribution < -0.4 is 11.3 Å². The number of sulfone groups is 1. The van der Waals surface area contributed by atoms with Crippen molar-refractivity contribution in [3.05, 3.63) is 26.6 Å². The standard InChI is InChI=1S/C11H17BrN2O3S/c1-7(2)18(16,17)5-4-14-6-9(13)8(3)10(12)11(14)15/h6-7H,4-5,13H2,1-3H3. The first kappa shape index (κ1) is 15.2. The van der Waals surface area contributed by atoms with E-state index in [1.807, 2.05) is 0 Å². The Bertz CT molecular complexity index is 605. The zero-order valence-electron chi connectivity index (χ0n) is 10.6. The molecule has 1 aromatic heterocycles. The van der Waals surface area contributed by atoms with Gasteiger partial charge in [0.1, 0.15) is 0 Å². The van der Waals surface area contributed by atoms with Gasteiger partial charge in [0.05, 0.1) is 21.2 Å². The molecule has 2 N–H and O–H groups in total. The van der Waals surface area contributed by atoms with Crippen molar-refractivity contribution in [3.63, 3.8) is 0 Å². The third-order valence-electron chi connectivity index (χ3n) is 2.84. The molecule has 7 heteroatoms. The summed E-state index contributed by atoms with van der Waals surface area (Å²) in [6.07, 6.45) is 1.48. The quantitative estimate of drug-likeness (QED) is 0.898. The molecule has 18 heavy (non-hydrogen) atoms. The van der Waals surface area contributed by atoms with E-state index in [9.17, 15) is 13.2 Å². The molecule has 0 saturated carbocycles. The molecule has 1 heterocycles. The van der Waals surface area contributed by atoms with Crippen LogP contribution in [0.4, 0.5) is 5.69 Å². The molecule has 1 rings (SSSR count). The third-order valence-corrected chi connectivity index (χ3v) is 5.96. The van der Waals surface area contributed by atoms with E-state index in [0.29, 0.717) is 15.7 Å². The number of hydrogen-bond donors (Lipinski definition) is 1. The van der Waals surface area contributed by atoms with E-state index in [1.165, 1.54) is 10.8 Å². The highest BCUT2D eigenvalue weighted by molar-refractivity contribution is 9.10. The smallest absolute Gasteiger partial charge is 0.265 e. The Labute approximate surface area is 115 Å². The van der Waals surface area contributed by atoms with Gasteiger partial charge in [-0.15, -0.1) is 0 Å². The van der Waals surface area contributed by atoms with Gasteiger partial charge in [-0.25, -0.2) is 8.42 Å². The summed E-state index contributed by atoms with van der Waals surface area (Å²) in [4.78, 5) is 11.9. The van der Waals surface area contributed by atoms with Crippen molar-refractivity contribution in [3.8, 4) is 0 Å². The van der Waals surface area contributed by atoms with Crippen molar-refractivity contribution in [1.29, 1.82) is 0 Å². The Hall–Kier alpha value is -0.820. The van der Waals surface area contributed by atoms with Gasteiger partial charge in [0.15, 0.2) is 9.84 Å². The van der Waals surface area contributed by atoms with Crippen LogP contribution in [-0.2, 0) is 16.4 Å². The molecular weight excluding hydrogens is 320 g/mol. The van der Waals surface area contributed by atoms with E-state index >= 15 is 0 Å². The van der Waals surface area contributed by atoms with E-state index in [1.54, 1.807) is 20.8 Å². The van der Waals surface area contributed by atoms with Crippen molar-refractivity contribution in [2.75, 3.05) is 11.5 Å². The van der Waals surface area contributed by atoms with Gasteiger partial charge in [-0.2, -0.15) is 0 Å². The first-order valence-electron chi connectivity index (χ1n) is 5.53. The zero-order chi connectivity index (χ0) is 14.1. The second-order valence-electron chi connectivity index (χ2n) is 4.44. The second-order valence-corrected chi connectivity index (χ2v) is 7.91. The lowest BCUT2D eigenvalue weighted by Gasteiger charge is -2.12. The lowest BCUT2D eigenvalue weighted by atomic mass is 10.2. The summed E-state index contributed by atoms with van der Waals surface area (Å²) in [5.74, 6) is -0.0699. The van der Waals surface area contributed by atoms with Crippen LogP contribution in [0.2, 0.25) is 0 Å². The highest BCUT2D eigenvalue weighted by atomic mass is 79.9. The second kappa shape index (κ2) is 5.44. The van der Waals surface area contributed by atoms with Crippen molar-refractivity contribution < 1.29 is 8.42 Å². The van der Waals surface area contributed by atoms with Gasteiger partial charge < -0.3 is 10.3 Å². The highest BCUT2D eigenvalue weighted by Crippen LogP contribution is 2.17. The van der Waals surface area contributed by atoms with Crippen LogP contribution in [0.3, 0.4) is 0 Å². The number of aromatic nitrogens is 1. The van der Waals surface area contributed by atoms with Gasteiger partial charge in [-0.1, -0.05) is 0 Å². The van der Waals surface area contributed by atoms with Crippen LogP contribution >= 0.6 is 15.9 Å². The number of hydrogen-bond acceptors (Lipinski definition) is 4. The number of nitrogens with two attached hydrogens (primary N) is 1. The SMILES string of the molecule is Cc1c(N)cn(CCS(=O)(=O)C(C)C)c(=O)c1Br. The van der Waals surface area contributed by atoms with E-state index in [2.05, 4.69) is 15.9 Å². The fourth-order valence-electron chi connectivity index (χ4n) is 1.36. The fourth-order valence-corrected chi connectivity index (χ4v) is 2.74. The normalized spacial score (nSPS) is 12.1. The molecule has 0 aliphatic rings. The zero-order valence-corrected chi connectivity index (χ0v) is 13.0. The van der Waals surface area contributed by atoms with E-state index in [4.69, 9.17) is 5.73 Å². The molecule has 1 aromatic rings. The Morgan fingerprint density at radius 3 is 2.50 bits per heavy atom. The Kier molecular flexibility index (Phi) is 4.61. The van der Waals surface area contributed by atoms with Crippen LogP contribution in [0.1, 0.15) is 19.4 Å². The number of aryl methyl sites for hydroxylation is 1. The first-order valence-corrected chi connectivity index (χ1v) is 8.04. The highest BCUT2D eigenvalue weighted by Gasteiger charge is 2.17. The van der Waals surface area contributed by atoms with E-state index in [-0.39, 0.29) is 17.9 Å². The molecule has 0 bridgehead atoms. The van der Waals surface area contributed by atoms with Gasteiger partial charge in [0, 0.05) is 12.7 Å². The summed E-state index contributed by atoms with van der Waals surface area (Å²) in [5, 5.41) is -0.445. The summed E-state index contributed by atoms with van der Waals surface area (Å²) in [7, 11) is -3.16. The Balaban J connectivity index is 3.05. The number of halogens is 1. The number of rotatable bonds is 4. The molecule has 0 saturated heterocycles. The predicted molar refractivity (Wildman–Crippen MR) is 76.5 cm³/mol. The maximum atomic E-state index is 11.9. The number of nitrogen functional groups attached to an aromatic ring is 1. The third kappa shape index (κ3) is 3.14. The fraction of sp³-hybridized carbons (Fsp3) is 0.545. The molecular formula is C11H17BrN2O3S. The van der Waals surface area contributed by atoms with Gasteiger partial charge >= 0.3 is 0 Å². The average Bonchev–Trinajstić information content (AvgIpc) is 2.29. The summed E-state index contributed by atoms with van der Waals surface area (Å²) in [6.45, 7) is 5.09. The van der Waals surface area contributed by atoms with Crippen molar-refractivity contribution in [2.45, 2.75) is 32.6 Å². The molecule has 0 aromatic carbocycles. The minimum atomic E-state index is -3.16. The summed E-state index contributed by atoms with van der Waals surface area (Å²) < 4.78 is 25.1. The molecule has 0 fully saturated rings. The van der Waals surface area contributed by atoms with Crippen LogP contribution in [0.15, 0.2) is 15.5 Å². The summed E-state index contributed by atoms with van der Waals surface area (Å²) in [5.41, 5.74) is 6.62. The lowest BCUT2D eigenvalue weighted by molar-refractivity contribution is 0.578. The topological polar surface area (TPSA) is 82.2 Å². The first-order chi connectivity index (χ1) is 8.16. The van der Waals surface area contributed by atoms with Crippen molar-refractivity contribution in [1.82, 2.24) is 4.57 Å². The van der Waals surface area contributed by atoms with Gasteiger partial charge in [-0.05, 0) is 42.3 Å². The molecule has 102 valence electrons. The number of pyridine rings is 1. The average molecular weight is 337 g/mol. The largest absolute Gasteiger partial charge is 0.397 e. The van der Waals surface area contributed by atoms with Crippen LogP contribution in [-0.4, -0.2) is 24.0 Å². The van der Waals surface area contributed by atoms with Gasteiger partial charge in [0.2, 0.25) is 0 Å². The minimum absolute atomic E-state index is 0.0699. The lowest BCUT2D eigenvalue weighted by Crippen LogP contribution is -2.28. The predicted octanol–water partition coefficient (Wildman–Crippen LogP) is 1.32. The van der Waals surface area contributed by atoms with Gasteiger partial charge in [-0.3, -0.25) is 4.79 Å². The number of nitrogens with zero attached hydrogens (tertiary/aromatic N) is 1. The maximum Gasteiger partial charge on any atom is 0.265 e. The monoisotopic (exact) mass is 336 g/mol. The van der Waals surface area contributed by atoms with Gasteiger partial charge in [0.25, 0.3) is 5.56 Å².